The van der Waals surface area contributed by atoms with Crippen LogP contribution in [-0.4, -0.2) is 6.36 Å². The van der Waals surface area contributed by atoms with Gasteiger partial charge in [-0.2, -0.15) is 5.53 Å². The van der Waals surface area contributed by atoms with Crippen LogP contribution in [0.2, 0.25) is 0 Å². The first-order valence-corrected chi connectivity index (χ1v) is 7.02. The number of nitrogens with two attached hydrogens (primary N) is 1. The van der Waals surface area contributed by atoms with Gasteiger partial charge in [0, 0.05) is 11.1 Å². The lowest BCUT2D eigenvalue weighted by molar-refractivity contribution is -0.274. The van der Waals surface area contributed by atoms with Crippen LogP contribution in [0.4, 0.5) is 18.9 Å². The molecule has 122 valence electrons. The van der Waals surface area contributed by atoms with E-state index < -0.39 is 6.36 Å². The van der Waals surface area contributed by atoms with E-state index in [1.54, 1.807) is 24.3 Å². The first-order chi connectivity index (χ1) is 10.6. The first-order valence-electron chi connectivity index (χ1n) is 7.02. The summed E-state index contributed by atoms with van der Waals surface area (Å²) in [6.45, 7) is 6.05. The zero-order valence-electron chi connectivity index (χ0n) is 13.1. The maximum atomic E-state index is 12.6. The van der Waals surface area contributed by atoms with Gasteiger partial charge in [-0.25, -0.2) is 0 Å². The molecule has 3 nitrogen and oxygen atoms in total. The molecule has 0 amide bonds. The quantitative estimate of drug-likeness (QED) is 0.837. The van der Waals surface area contributed by atoms with Gasteiger partial charge in [0.2, 0.25) is 0 Å². The third-order valence-corrected chi connectivity index (χ3v) is 3.40. The maximum absolute atomic E-state index is 12.6. The topological polar surface area (TPSA) is 47.2 Å². The monoisotopic (exact) mass is 323 g/mol. The van der Waals surface area contributed by atoms with E-state index in [1.807, 2.05) is 26.8 Å². The van der Waals surface area contributed by atoms with Gasteiger partial charge in [0.25, 0.3) is 0 Å². The zero-order chi connectivity index (χ0) is 17.3. The fourth-order valence-electron chi connectivity index (χ4n) is 2.23. The Kier molecular flexibility index (Phi) is 4.45. The van der Waals surface area contributed by atoms with Gasteiger partial charge in [-0.05, 0) is 34.3 Å². The average Bonchev–Trinajstić information content (AvgIpc) is 2.44. The largest absolute Gasteiger partial charge is 0.573 e. The highest BCUT2D eigenvalue weighted by Crippen LogP contribution is 2.40. The van der Waals surface area contributed by atoms with E-state index in [2.05, 4.69) is 9.85 Å². The third-order valence-electron chi connectivity index (χ3n) is 3.40. The Morgan fingerprint density at radius 1 is 0.957 bits per heavy atom. The van der Waals surface area contributed by atoms with Crippen LogP contribution in [-0.2, 0) is 5.41 Å². The molecule has 0 saturated heterocycles. The molecule has 0 unspecified atom stereocenters. The van der Waals surface area contributed by atoms with E-state index in [0.29, 0.717) is 16.8 Å². The summed E-state index contributed by atoms with van der Waals surface area (Å²) in [6, 6.07) is 11.3. The summed E-state index contributed by atoms with van der Waals surface area (Å²) in [4.78, 5) is 0. The molecule has 6 heteroatoms. The summed E-state index contributed by atoms with van der Waals surface area (Å²) < 4.78 is 42.0. The lowest BCUT2D eigenvalue weighted by Crippen LogP contribution is -2.22. The molecule has 2 N–H and O–H groups in total. The van der Waals surface area contributed by atoms with Crippen LogP contribution in [0.15, 0.2) is 47.6 Å². The van der Waals surface area contributed by atoms with Crippen molar-refractivity contribution in [3.63, 3.8) is 0 Å². The number of ether oxygens (including phenoxy) is 1. The van der Waals surface area contributed by atoms with Crippen molar-refractivity contribution in [2.75, 3.05) is 0 Å². The Labute approximate surface area is 132 Å². The van der Waals surface area contributed by atoms with Crippen LogP contribution in [0.1, 0.15) is 26.3 Å². The number of halogens is 3. The summed E-state index contributed by atoms with van der Waals surface area (Å²) in [6.07, 6.45) is -4.77. The minimum atomic E-state index is -4.77. The molecule has 2 rings (SSSR count). The number of alkyl halides is 3. The Hall–Kier alpha value is -2.37. The van der Waals surface area contributed by atoms with Crippen molar-refractivity contribution >= 4 is 5.69 Å². The fraction of sp³-hybridized carbons (Fsp3) is 0.294. The van der Waals surface area contributed by atoms with Crippen LogP contribution in [0, 0.1) is 0 Å². The van der Waals surface area contributed by atoms with Crippen LogP contribution >= 0.6 is 0 Å². The summed E-state index contributed by atoms with van der Waals surface area (Å²) in [5.74, 6) is -0.282. The van der Waals surface area contributed by atoms with E-state index in [0.717, 1.165) is 5.56 Å². The van der Waals surface area contributed by atoms with Crippen LogP contribution in [0.3, 0.4) is 0 Å². The summed E-state index contributed by atoms with van der Waals surface area (Å²) in [5, 5.41) is 3.67. The van der Waals surface area contributed by atoms with Gasteiger partial charge in [-0.15, -0.1) is 13.2 Å². The SMILES string of the molecule is CC(C)(C)c1ccc(N=[NH2+])c(-c2ccccc2OC(F)(F)F)c1. The van der Waals surface area contributed by atoms with Crippen molar-refractivity contribution in [2.24, 2.45) is 5.11 Å². The molecular formula is C17H18F3N2O+. The summed E-state index contributed by atoms with van der Waals surface area (Å²) >= 11 is 0. The third kappa shape index (κ3) is 4.09. The number of nitrogens with zero attached hydrogens (tertiary/aromatic N) is 1. The van der Waals surface area contributed by atoms with E-state index >= 15 is 0 Å². The van der Waals surface area contributed by atoms with Gasteiger partial charge in [0.05, 0.1) is 0 Å². The van der Waals surface area contributed by atoms with E-state index in [9.17, 15) is 13.2 Å². The van der Waals surface area contributed by atoms with Crippen molar-refractivity contribution in [2.45, 2.75) is 32.5 Å². The highest BCUT2D eigenvalue weighted by Gasteiger charge is 2.32. The molecule has 0 radical (unpaired) electrons. The molecule has 0 spiro atoms. The second-order valence-electron chi connectivity index (χ2n) is 6.15. The zero-order valence-corrected chi connectivity index (χ0v) is 13.1. The minimum absolute atomic E-state index is 0.165. The number of para-hydroxylation sites is 1. The molecule has 0 fully saturated rings. The van der Waals surface area contributed by atoms with E-state index in [-0.39, 0.29) is 11.2 Å². The molecule has 0 saturated carbocycles. The van der Waals surface area contributed by atoms with Crippen molar-refractivity contribution in [1.29, 1.82) is 0 Å². The van der Waals surface area contributed by atoms with Crippen molar-refractivity contribution in [1.82, 2.24) is 0 Å². The van der Waals surface area contributed by atoms with E-state index in [1.165, 1.54) is 12.1 Å². The van der Waals surface area contributed by atoms with Gasteiger partial charge in [0.1, 0.15) is 11.4 Å². The molecule has 23 heavy (non-hydrogen) atoms. The maximum Gasteiger partial charge on any atom is 0.573 e. The molecule has 0 heterocycles. The summed E-state index contributed by atoms with van der Waals surface area (Å²) in [5.41, 5.74) is 7.37. The Bertz CT molecular complexity index is 719. The molecule has 0 aliphatic rings. The molecule has 0 aliphatic heterocycles. The van der Waals surface area contributed by atoms with Gasteiger partial charge in [-0.1, -0.05) is 45.0 Å². The number of hydrogen-bond donors (Lipinski definition) is 1. The van der Waals surface area contributed by atoms with Crippen LogP contribution in [0.25, 0.3) is 11.1 Å². The van der Waals surface area contributed by atoms with Crippen LogP contribution < -0.4 is 10.3 Å². The number of hydrogen-bond acceptors (Lipinski definition) is 2. The van der Waals surface area contributed by atoms with Gasteiger partial charge >= 0.3 is 6.36 Å². The lowest BCUT2D eigenvalue weighted by Gasteiger charge is -2.21. The Balaban J connectivity index is 2.64. The fourth-order valence-corrected chi connectivity index (χ4v) is 2.23. The average molecular weight is 323 g/mol. The molecule has 2 aromatic rings. The summed E-state index contributed by atoms with van der Waals surface area (Å²) in [7, 11) is 0. The number of benzene rings is 2. The molecule has 0 atom stereocenters. The molecule has 2 aromatic carbocycles. The van der Waals surface area contributed by atoms with Gasteiger partial charge in [-0.3, -0.25) is 0 Å². The minimum Gasteiger partial charge on any atom is -0.405 e. The highest BCUT2D eigenvalue weighted by molar-refractivity contribution is 5.80. The normalized spacial score (nSPS) is 12.1. The predicted molar refractivity (Wildman–Crippen MR) is 81.3 cm³/mol. The molecule has 0 aromatic heterocycles. The second kappa shape index (κ2) is 6.02. The smallest absolute Gasteiger partial charge is 0.405 e. The first kappa shape index (κ1) is 17.0. The van der Waals surface area contributed by atoms with Crippen LogP contribution in [0.5, 0.6) is 5.75 Å². The second-order valence-corrected chi connectivity index (χ2v) is 6.15. The standard InChI is InChI=1S/C17H17F3N2O/c1-16(2,3)11-8-9-14(22-21)13(10-11)12-6-4-5-7-15(12)23-17(18,19)20/h4-10,21H,1-3H3/p+1. The Morgan fingerprint density at radius 2 is 1.61 bits per heavy atom. The lowest BCUT2D eigenvalue weighted by atomic mass is 9.85. The number of rotatable bonds is 3. The van der Waals surface area contributed by atoms with Crippen molar-refractivity contribution < 1.29 is 23.4 Å². The van der Waals surface area contributed by atoms with E-state index in [4.69, 9.17) is 5.53 Å². The highest BCUT2D eigenvalue weighted by atomic mass is 19.4. The van der Waals surface area contributed by atoms with Gasteiger partial charge < -0.3 is 4.74 Å². The Morgan fingerprint density at radius 3 is 2.17 bits per heavy atom. The molecule has 0 aliphatic carbocycles. The van der Waals surface area contributed by atoms with Crippen molar-refractivity contribution in [3.8, 4) is 16.9 Å². The van der Waals surface area contributed by atoms with Gasteiger partial charge in [0.15, 0.2) is 0 Å². The molecule has 0 bridgehead atoms. The predicted octanol–water partition coefficient (Wildman–Crippen LogP) is 4.39. The molecular weight excluding hydrogens is 305 g/mol. The van der Waals surface area contributed by atoms with Crippen molar-refractivity contribution in [3.05, 3.63) is 48.0 Å².